The highest BCUT2D eigenvalue weighted by molar-refractivity contribution is 8.00. The summed E-state index contributed by atoms with van der Waals surface area (Å²) in [4.78, 5) is 40.9. The van der Waals surface area contributed by atoms with E-state index in [1.165, 1.54) is 16.7 Å². The summed E-state index contributed by atoms with van der Waals surface area (Å²) in [6, 6.07) is 24.7. The second-order valence-electron chi connectivity index (χ2n) is 8.98. The SMILES string of the molecule is NCc1ccc(C(=O)N[C@H]2C(=O)N3C(C(=O)OC(c4ccccc4)c4ccccc4)=C(CO)CS[C@@H]23)cc1. The second kappa shape index (κ2) is 11.2. The summed E-state index contributed by atoms with van der Waals surface area (Å²) in [5, 5.41) is 12.3. The molecule has 2 atom stereocenters. The van der Waals surface area contributed by atoms with Crippen LogP contribution in [0.5, 0.6) is 0 Å². The van der Waals surface area contributed by atoms with Crippen LogP contribution in [0.1, 0.15) is 33.2 Å². The first-order chi connectivity index (χ1) is 18.5. The molecule has 0 radical (unpaired) electrons. The molecular weight excluding hydrogens is 502 g/mol. The first kappa shape index (κ1) is 25.7. The van der Waals surface area contributed by atoms with E-state index < -0.39 is 29.4 Å². The number of β-lactam (4-membered cyclic amide) rings is 1. The van der Waals surface area contributed by atoms with E-state index in [1.54, 1.807) is 24.3 Å². The molecule has 2 amide bonds. The predicted molar refractivity (Wildman–Crippen MR) is 144 cm³/mol. The lowest BCUT2D eigenvalue weighted by Crippen LogP contribution is -2.70. The standard InChI is InChI=1S/C29H27N3O5S/c30-15-18-11-13-21(14-12-18)26(34)31-23-27(35)32-24(22(16-33)17-38-28(23)32)29(36)37-25(19-7-3-1-4-8-19)20-9-5-2-6-10-20/h1-14,23,25,28,33H,15-17,30H2,(H,31,34)/t23-,28-/m0/s1. The molecule has 0 aromatic heterocycles. The Morgan fingerprint density at radius 3 is 2.16 bits per heavy atom. The lowest BCUT2D eigenvalue weighted by Gasteiger charge is -2.49. The largest absolute Gasteiger partial charge is 0.448 e. The summed E-state index contributed by atoms with van der Waals surface area (Å²) in [7, 11) is 0. The molecule has 8 nitrogen and oxygen atoms in total. The molecule has 194 valence electrons. The fourth-order valence-corrected chi connectivity index (χ4v) is 5.89. The zero-order chi connectivity index (χ0) is 26.6. The number of esters is 1. The maximum absolute atomic E-state index is 13.6. The smallest absolute Gasteiger partial charge is 0.356 e. The van der Waals surface area contributed by atoms with Crippen LogP contribution < -0.4 is 11.1 Å². The zero-order valence-electron chi connectivity index (χ0n) is 20.4. The normalized spacial score (nSPS) is 18.6. The Balaban J connectivity index is 1.36. The molecule has 2 heterocycles. The van der Waals surface area contributed by atoms with E-state index in [1.807, 2.05) is 60.7 Å². The molecule has 1 saturated heterocycles. The van der Waals surface area contributed by atoms with E-state index in [0.717, 1.165) is 16.7 Å². The first-order valence-electron chi connectivity index (χ1n) is 12.2. The number of nitrogens with zero attached hydrogens (tertiary/aromatic N) is 1. The molecule has 3 aromatic rings. The lowest BCUT2D eigenvalue weighted by molar-refractivity contribution is -0.153. The van der Waals surface area contributed by atoms with Crippen molar-refractivity contribution in [3.63, 3.8) is 0 Å². The fourth-order valence-electron chi connectivity index (χ4n) is 4.56. The Morgan fingerprint density at radius 1 is 1.00 bits per heavy atom. The number of ether oxygens (including phenoxy) is 1. The third kappa shape index (κ3) is 4.96. The highest BCUT2D eigenvalue weighted by Gasteiger charge is 2.54. The first-order valence-corrected chi connectivity index (χ1v) is 13.2. The minimum atomic E-state index is -0.802. The van der Waals surface area contributed by atoms with Crippen molar-refractivity contribution in [2.45, 2.75) is 24.1 Å². The Hall–Kier alpha value is -3.92. The summed E-state index contributed by atoms with van der Waals surface area (Å²) in [5.41, 5.74) is 8.93. The molecule has 2 aliphatic rings. The molecule has 2 aliphatic heterocycles. The second-order valence-corrected chi connectivity index (χ2v) is 10.1. The molecule has 4 N–H and O–H groups in total. The van der Waals surface area contributed by atoms with Gasteiger partial charge in [0.25, 0.3) is 11.8 Å². The number of amides is 2. The van der Waals surface area contributed by atoms with E-state index in [9.17, 15) is 19.5 Å². The van der Waals surface area contributed by atoms with Crippen LogP contribution in [0.15, 0.2) is 96.2 Å². The van der Waals surface area contributed by atoms with Crippen LogP contribution in [0, 0.1) is 0 Å². The maximum Gasteiger partial charge on any atom is 0.356 e. The van der Waals surface area contributed by atoms with Crippen molar-refractivity contribution in [2.75, 3.05) is 12.4 Å². The van der Waals surface area contributed by atoms with Gasteiger partial charge in [-0.15, -0.1) is 11.8 Å². The van der Waals surface area contributed by atoms with Gasteiger partial charge in [-0.1, -0.05) is 72.8 Å². The van der Waals surface area contributed by atoms with Gasteiger partial charge in [0.15, 0.2) is 6.10 Å². The Bertz CT molecular complexity index is 1320. The van der Waals surface area contributed by atoms with Crippen LogP contribution >= 0.6 is 11.8 Å². The van der Waals surface area contributed by atoms with E-state index in [4.69, 9.17) is 10.5 Å². The Kier molecular flexibility index (Phi) is 7.59. The molecule has 1 fully saturated rings. The summed E-state index contributed by atoms with van der Waals surface area (Å²) >= 11 is 1.38. The van der Waals surface area contributed by atoms with Gasteiger partial charge in [0.05, 0.1) is 6.61 Å². The van der Waals surface area contributed by atoms with Gasteiger partial charge in [0.2, 0.25) is 0 Å². The average molecular weight is 530 g/mol. The van der Waals surface area contributed by atoms with Crippen LogP contribution in [0.3, 0.4) is 0 Å². The quantitative estimate of drug-likeness (QED) is 0.303. The number of carbonyl (C=O) groups is 3. The number of fused-ring (bicyclic) bond motifs is 1. The third-order valence-corrected chi connectivity index (χ3v) is 7.94. The van der Waals surface area contributed by atoms with Gasteiger partial charge in [0.1, 0.15) is 17.1 Å². The minimum absolute atomic E-state index is 0.0379. The van der Waals surface area contributed by atoms with Crippen molar-refractivity contribution in [1.82, 2.24) is 10.2 Å². The van der Waals surface area contributed by atoms with Gasteiger partial charge in [-0.05, 0) is 34.4 Å². The third-order valence-electron chi connectivity index (χ3n) is 6.60. The van der Waals surface area contributed by atoms with Gasteiger partial charge >= 0.3 is 5.97 Å². The van der Waals surface area contributed by atoms with Crippen LogP contribution in [0.4, 0.5) is 0 Å². The van der Waals surface area contributed by atoms with Gasteiger partial charge in [-0.25, -0.2) is 4.79 Å². The fraction of sp³-hybridized carbons (Fsp3) is 0.207. The number of hydrogen-bond donors (Lipinski definition) is 3. The number of rotatable bonds is 8. The van der Waals surface area contributed by atoms with Crippen molar-refractivity contribution < 1.29 is 24.2 Å². The number of nitrogens with two attached hydrogens (primary N) is 1. The molecule has 0 unspecified atom stereocenters. The summed E-state index contributed by atoms with van der Waals surface area (Å²) < 4.78 is 5.99. The van der Waals surface area contributed by atoms with Crippen molar-refractivity contribution in [3.8, 4) is 0 Å². The van der Waals surface area contributed by atoms with Gasteiger partial charge in [-0.3, -0.25) is 14.5 Å². The van der Waals surface area contributed by atoms with Crippen molar-refractivity contribution in [1.29, 1.82) is 0 Å². The maximum atomic E-state index is 13.6. The number of benzene rings is 3. The van der Waals surface area contributed by atoms with Crippen LogP contribution in [0.2, 0.25) is 0 Å². The monoisotopic (exact) mass is 529 g/mol. The van der Waals surface area contributed by atoms with E-state index in [0.29, 0.717) is 23.4 Å². The van der Waals surface area contributed by atoms with Crippen molar-refractivity contribution in [2.24, 2.45) is 5.73 Å². The highest BCUT2D eigenvalue weighted by atomic mass is 32.2. The Labute approximate surface area is 224 Å². The van der Waals surface area contributed by atoms with Crippen LogP contribution in [-0.2, 0) is 20.9 Å². The topological polar surface area (TPSA) is 122 Å². The molecule has 38 heavy (non-hydrogen) atoms. The van der Waals surface area contributed by atoms with Crippen molar-refractivity contribution in [3.05, 3.63) is 118 Å². The zero-order valence-corrected chi connectivity index (χ0v) is 21.3. The summed E-state index contributed by atoms with van der Waals surface area (Å²) in [5.74, 6) is -1.19. The molecule has 0 bridgehead atoms. The van der Waals surface area contributed by atoms with Crippen LogP contribution in [-0.4, -0.2) is 51.6 Å². The van der Waals surface area contributed by atoms with E-state index in [2.05, 4.69) is 5.32 Å². The number of carbonyl (C=O) groups excluding carboxylic acids is 3. The summed E-state index contributed by atoms with van der Waals surface area (Å²) in [6.45, 7) is -0.0235. The van der Waals surface area contributed by atoms with E-state index in [-0.39, 0.29) is 18.2 Å². The van der Waals surface area contributed by atoms with E-state index >= 15 is 0 Å². The molecule has 9 heteroatoms. The molecule has 0 aliphatic carbocycles. The number of aliphatic hydroxyl groups excluding tert-OH is 1. The highest BCUT2D eigenvalue weighted by Crippen LogP contribution is 2.41. The number of nitrogens with one attached hydrogen (secondary N) is 1. The van der Waals surface area contributed by atoms with Gasteiger partial charge < -0.3 is 20.9 Å². The van der Waals surface area contributed by atoms with Crippen molar-refractivity contribution >= 4 is 29.5 Å². The number of hydrogen-bond acceptors (Lipinski definition) is 7. The lowest BCUT2D eigenvalue weighted by atomic mass is 10.0. The Morgan fingerprint density at radius 2 is 1.61 bits per heavy atom. The molecule has 0 spiro atoms. The van der Waals surface area contributed by atoms with Gasteiger partial charge in [0, 0.05) is 17.9 Å². The summed E-state index contributed by atoms with van der Waals surface area (Å²) in [6.07, 6.45) is -0.700. The van der Waals surface area contributed by atoms with Crippen LogP contribution in [0.25, 0.3) is 0 Å². The average Bonchev–Trinajstić information content (AvgIpc) is 2.98. The molecule has 3 aromatic carbocycles. The number of thioether (sulfide) groups is 1. The molecule has 5 rings (SSSR count). The number of aliphatic hydroxyl groups is 1. The predicted octanol–water partition coefficient (Wildman–Crippen LogP) is 2.74. The molecular formula is C29H27N3O5S. The minimum Gasteiger partial charge on any atom is -0.448 e. The molecule has 0 saturated carbocycles. The van der Waals surface area contributed by atoms with Gasteiger partial charge in [-0.2, -0.15) is 0 Å².